The summed E-state index contributed by atoms with van der Waals surface area (Å²) < 4.78 is 10.0. The summed E-state index contributed by atoms with van der Waals surface area (Å²) in [6.45, 7) is 4.36. The molecule has 1 aliphatic heterocycles. The van der Waals surface area contributed by atoms with Gasteiger partial charge in [-0.05, 0) is 20.3 Å². The van der Waals surface area contributed by atoms with Crippen molar-refractivity contribution in [3.8, 4) is 0 Å². The molecule has 1 heterocycles. The quantitative estimate of drug-likeness (QED) is 0.556. The van der Waals surface area contributed by atoms with Gasteiger partial charge < -0.3 is 9.47 Å². The summed E-state index contributed by atoms with van der Waals surface area (Å²) in [6.07, 6.45) is 2.65. The summed E-state index contributed by atoms with van der Waals surface area (Å²) >= 11 is 0. The summed E-state index contributed by atoms with van der Waals surface area (Å²) in [5, 5.41) is 0. The molecule has 12 heavy (non-hydrogen) atoms. The zero-order valence-corrected chi connectivity index (χ0v) is 7.72. The average molecular weight is 170 g/mol. The molecule has 0 aliphatic carbocycles. The molecular formula is C9H14O3. The Bertz CT molecular complexity index is 216. The molecule has 0 unspecified atom stereocenters. The van der Waals surface area contributed by atoms with Crippen molar-refractivity contribution in [2.45, 2.75) is 25.9 Å². The number of rotatable bonds is 1. The molecule has 0 spiro atoms. The van der Waals surface area contributed by atoms with E-state index in [2.05, 4.69) is 4.74 Å². The Morgan fingerprint density at radius 1 is 1.67 bits per heavy atom. The minimum atomic E-state index is -0.287. The molecule has 1 rings (SSSR count). The third-order valence-corrected chi connectivity index (χ3v) is 1.91. The third-order valence-electron chi connectivity index (χ3n) is 1.91. The predicted molar refractivity (Wildman–Crippen MR) is 44.7 cm³/mol. The van der Waals surface area contributed by atoms with Crippen LogP contribution in [0.3, 0.4) is 0 Å². The zero-order chi connectivity index (χ0) is 9.19. The molecule has 0 saturated heterocycles. The standard InChI is InChI=1S/C9H14O3/c1-9(2)5-4-7(6-12-9)8(10)11-3/h4H,5-6H2,1-3H3. The number of esters is 1. The molecule has 3 heteroatoms. The van der Waals surface area contributed by atoms with Crippen molar-refractivity contribution >= 4 is 5.97 Å². The molecule has 0 amide bonds. The SMILES string of the molecule is COC(=O)C1=CCC(C)(C)OC1. The number of carbonyl (C=O) groups excluding carboxylic acids is 1. The third kappa shape index (κ3) is 2.08. The first kappa shape index (κ1) is 9.26. The normalized spacial score (nSPS) is 21.4. The lowest BCUT2D eigenvalue weighted by Gasteiger charge is -2.28. The van der Waals surface area contributed by atoms with Gasteiger partial charge in [-0.15, -0.1) is 0 Å². The monoisotopic (exact) mass is 170 g/mol. The van der Waals surface area contributed by atoms with Gasteiger partial charge >= 0.3 is 5.97 Å². The van der Waals surface area contributed by atoms with Gasteiger partial charge in [0.2, 0.25) is 0 Å². The molecule has 0 aromatic carbocycles. The van der Waals surface area contributed by atoms with Crippen molar-refractivity contribution in [1.29, 1.82) is 0 Å². The van der Waals surface area contributed by atoms with Crippen molar-refractivity contribution in [3.63, 3.8) is 0 Å². The van der Waals surface area contributed by atoms with Gasteiger partial charge in [0, 0.05) is 0 Å². The van der Waals surface area contributed by atoms with Crippen LogP contribution in [0.5, 0.6) is 0 Å². The zero-order valence-electron chi connectivity index (χ0n) is 7.72. The number of ether oxygens (including phenoxy) is 2. The molecule has 3 nitrogen and oxygen atoms in total. The lowest BCUT2D eigenvalue weighted by molar-refractivity contribution is -0.138. The maximum atomic E-state index is 11.0. The Labute approximate surface area is 72.4 Å². The molecule has 0 atom stereocenters. The first-order valence-corrected chi connectivity index (χ1v) is 3.96. The van der Waals surface area contributed by atoms with Crippen LogP contribution in [-0.4, -0.2) is 25.3 Å². The first-order valence-electron chi connectivity index (χ1n) is 3.96. The molecule has 0 radical (unpaired) electrons. The number of hydrogen-bond donors (Lipinski definition) is 0. The summed E-state index contributed by atoms with van der Waals surface area (Å²) in [5.74, 6) is -0.287. The summed E-state index contributed by atoms with van der Waals surface area (Å²) in [6, 6.07) is 0. The van der Waals surface area contributed by atoms with Crippen molar-refractivity contribution in [2.75, 3.05) is 13.7 Å². The smallest absolute Gasteiger partial charge is 0.335 e. The van der Waals surface area contributed by atoms with Crippen molar-refractivity contribution in [2.24, 2.45) is 0 Å². The fourth-order valence-corrected chi connectivity index (χ4v) is 1.03. The topological polar surface area (TPSA) is 35.5 Å². The second-order valence-electron chi connectivity index (χ2n) is 3.47. The maximum absolute atomic E-state index is 11.0. The van der Waals surface area contributed by atoms with Gasteiger partial charge in [0.15, 0.2) is 0 Å². The first-order chi connectivity index (χ1) is 5.55. The molecule has 0 aromatic heterocycles. The summed E-state index contributed by atoms with van der Waals surface area (Å²) in [5.41, 5.74) is 0.481. The average Bonchev–Trinajstić information content (AvgIpc) is 2.03. The Kier molecular flexibility index (Phi) is 2.52. The fourth-order valence-electron chi connectivity index (χ4n) is 1.03. The Morgan fingerprint density at radius 3 is 2.75 bits per heavy atom. The summed E-state index contributed by atoms with van der Waals surface area (Å²) in [7, 11) is 1.38. The summed E-state index contributed by atoms with van der Waals surface area (Å²) in [4.78, 5) is 11.0. The Balaban J connectivity index is 2.62. The van der Waals surface area contributed by atoms with Gasteiger partial charge in [0.25, 0.3) is 0 Å². The lowest BCUT2D eigenvalue weighted by atomic mass is 10.00. The molecule has 0 N–H and O–H groups in total. The highest BCUT2D eigenvalue weighted by molar-refractivity contribution is 5.88. The fraction of sp³-hybridized carbons (Fsp3) is 0.667. The number of carbonyl (C=O) groups is 1. The van der Waals surface area contributed by atoms with Crippen LogP contribution >= 0.6 is 0 Å². The van der Waals surface area contributed by atoms with E-state index in [-0.39, 0.29) is 11.6 Å². The highest BCUT2D eigenvalue weighted by Gasteiger charge is 2.24. The van der Waals surface area contributed by atoms with Crippen LogP contribution in [0.15, 0.2) is 11.6 Å². The highest BCUT2D eigenvalue weighted by atomic mass is 16.5. The van der Waals surface area contributed by atoms with Crippen LogP contribution in [0.2, 0.25) is 0 Å². The van der Waals surface area contributed by atoms with E-state index in [1.54, 1.807) is 0 Å². The van der Waals surface area contributed by atoms with Gasteiger partial charge in [-0.1, -0.05) is 6.08 Å². The van der Waals surface area contributed by atoms with Crippen molar-refractivity contribution < 1.29 is 14.3 Å². The van der Waals surface area contributed by atoms with E-state index in [0.29, 0.717) is 12.2 Å². The molecule has 0 bridgehead atoms. The van der Waals surface area contributed by atoms with Crippen LogP contribution < -0.4 is 0 Å². The number of hydrogen-bond acceptors (Lipinski definition) is 3. The van der Waals surface area contributed by atoms with Crippen molar-refractivity contribution in [3.05, 3.63) is 11.6 Å². The van der Waals surface area contributed by atoms with Crippen LogP contribution in [0, 0.1) is 0 Å². The van der Waals surface area contributed by atoms with Crippen LogP contribution in [-0.2, 0) is 14.3 Å². The highest BCUT2D eigenvalue weighted by Crippen LogP contribution is 2.22. The molecule has 68 valence electrons. The molecule has 0 saturated carbocycles. The Hall–Kier alpha value is -0.830. The van der Waals surface area contributed by atoms with E-state index in [4.69, 9.17) is 4.74 Å². The van der Waals surface area contributed by atoms with Crippen LogP contribution in [0.25, 0.3) is 0 Å². The maximum Gasteiger partial charge on any atom is 0.335 e. The van der Waals surface area contributed by atoms with E-state index in [1.165, 1.54) is 7.11 Å². The Morgan fingerprint density at radius 2 is 2.33 bits per heavy atom. The van der Waals surface area contributed by atoms with Gasteiger partial charge in [-0.25, -0.2) is 4.79 Å². The van der Waals surface area contributed by atoms with E-state index < -0.39 is 0 Å². The van der Waals surface area contributed by atoms with Crippen LogP contribution in [0.1, 0.15) is 20.3 Å². The van der Waals surface area contributed by atoms with E-state index >= 15 is 0 Å². The van der Waals surface area contributed by atoms with Crippen molar-refractivity contribution in [1.82, 2.24) is 0 Å². The minimum Gasteiger partial charge on any atom is -0.466 e. The van der Waals surface area contributed by atoms with Crippen LogP contribution in [0.4, 0.5) is 0 Å². The van der Waals surface area contributed by atoms with E-state index in [1.807, 2.05) is 19.9 Å². The second-order valence-corrected chi connectivity index (χ2v) is 3.47. The lowest BCUT2D eigenvalue weighted by Crippen LogP contribution is -2.30. The molecular weight excluding hydrogens is 156 g/mol. The second kappa shape index (κ2) is 3.27. The minimum absolute atomic E-state index is 0.141. The van der Waals surface area contributed by atoms with Gasteiger partial charge in [0.05, 0.1) is 24.9 Å². The predicted octanol–water partition coefficient (Wildman–Crippen LogP) is 1.28. The van der Waals surface area contributed by atoms with Gasteiger partial charge in [0.1, 0.15) is 0 Å². The van der Waals surface area contributed by atoms with Gasteiger partial charge in [-0.2, -0.15) is 0 Å². The molecule has 1 aliphatic rings. The van der Waals surface area contributed by atoms with E-state index in [9.17, 15) is 4.79 Å². The molecule has 0 aromatic rings. The number of methoxy groups -OCH3 is 1. The largest absolute Gasteiger partial charge is 0.466 e. The molecule has 0 fully saturated rings. The van der Waals surface area contributed by atoms with E-state index in [0.717, 1.165) is 6.42 Å². The van der Waals surface area contributed by atoms with Gasteiger partial charge in [-0.3, -0.25) is 0 Å².